The Morgan fingerprint density at radius 2 is 2.10 bits per heavy atom. The molecular formula is C18H21FN4O5S. The lowest BCUT2D eigenvalue weighted by molar-refractivity contribution is -0.117. The van der Waals surface area contributed by atoms with E-state index in [0.717, 1.165) is 17.0 Å². The lowest BCUT2D eigenvalue weighted by Crippen LogP contribution is -2.34. The Morgan fingerprint density at radius 3 is 2.72 bits per heavy atom. The molecule has 11 heteroatoms. The number of carbonyl (C=O) groups excluding carboxylic acids is 1. The minimum absolute atomic E-state index is 0.271. The predicted molar refractivity (Wildman–Crippen MR) is 101 cm³/mol. The van der Waals surface area contributed by atoms with E-state index in [2.05, 4.69) is 10.1 Å². The highest BCUT2D eigenvalue weighted by molar-refractivity contribution is 7.92. The number of amides is 1. The van der Waals surface area contributed by atoms with Gasteiger partial charge in [-0.3, -0.25) is 9.69 Å². The van der Waals surface area contributed by atoms with Crippen LogP contribution < -0.4 is 9.03 Å². The lowest BCUT2D eigenvalue weighted by atomic mass is 9.97. The van der Waals surface area contributed by atoms with Gasteiger partial charge in [-0.2, -0.15) is 8.42 Å². The molecule has 0 spiro atoms. The van der Waals surface area contributed by atoms with Crippen molar-refractivity contribution in [1.29, 1.82) is 0 Å². The first kappa shape index (κ1) is 19.6. The van der Waals surface area contributed by atoms with E-state index < -0.39 is 39.9 Å². The van der Waals surface area contributed by atoms with Gasteiger partial charge in [-0.1, -0.05) is 5.16 Å². The number of anilines is 1. The number of phenols is 1. The van der Waals surface area contributed by atoms with Crippen molar-refractivity contribution in [2.45, 2.75) is 33.2 Å². The van der Waals surface area contributed by atoms with Crippen LogP contribution in [0.2, 0.25) is 0 Å². The Kier molecular flexibility index (Phi) is 4.74. The number of nitrogens with zero attached hydrogens (tertiary/aromatic N) is 3. The fourth-order valence-electron chi connectivity index (χ4n) is 3.89. The molecule has 1 aromatic carbocycles. The van der Waals surface area contributed by atoms with Crippen LogP contribution in [0.3, 0.4) is 0 Å². The molecule has 156 valence electrons. The zero-order valence-corrected chi connectivity index (χ0v) is 16.8. The lowest BCUT2D eigenvalue weighted by Gasteiger charge is -2.30. The van der Waals surface area contributed by atoms with Gasteiger partial charge in [-0.15, -0.1) is 0 Å². The summed E-state index contributed by atoms with van der Waals surface area (Å²) in [5.74, 6) is -1.33. The van der Waals surface area contributed by atoms with Crippen molar-refractivity contribution in [3.8, 4) is 5.75 Å². The molecule has 2 aliphatic heterocycles. The summed E-state index contributed by atoms with van der Waals surface area (Å²) >= 11 is 0. The molecule has 9 nitrogen and oxygen atoms in total. The molecule has 0 bridgehead atoms. The Bertz CT molecular complexity index is 1080. The number of halogens is 1. The second-order valence-electron chi connectivity index (χ2n) is 7.31. The highest BCUT2D eigenvalue weighted by Gasteiger charge is 2.39. The summed E-state index contributed by atoms with van der Waals surface area (Å²) in [6, 6.07) is 1.39. The van der Waals surface area contributed by atoms with Gasteiger partial charge in [0.1, 0.15) is 23.7 Å². The van der Waals surface area contributed by atoms with Gasteiger partial charge in [-0.05, 0) is 38.3 Å². The summed E-state index contributed by atoms with van der Waals surface area (Å²) in [7, 11) is -4.22. The summed E-state index contributed by atoms with van der Waals surface area (Å²) in [5.41, 5.74) is 2.32. The van der Waals surface area contributed by atoms with Crippen molar-refractivity contribution in [3.05, 3.63) is 40.0 Å². The third-order valence-electron chi connectivity index (χ3n) is 5.42. The van der Waals surface area contributed by atoms with Gasteiger partial charge in [0.05, 0.1) is 5.69 Å². The number of carbonyl (C=O) groups is 1. The number of phenolic OH excluding ortho intramolecular Hbond substituents is 1. The van der Waals surface area contributed by atoms with Crippen LogP contribution in [-0.2, 0) is 34.4 Å². The van der Waals surface area contributed by atoms with Gasteiger partial charge in [0.15, 0.2) is 5.82 Å². The minimum Gasteiger partial charge on any atom is -0.506 e. The van der Waals surface area contributed by atoms with Gasteiger partial charge < -0.3 is 9.63 Å². The number of hydrogen-bond acceptors (Lipinski definition) is 7. The molecule has 29 heavy (non-hydrogen) atoms. The van der Waals surface area contributed by atoms with Crippen molar-refractivity contribution in [2.75, 3.05) is 23.9 Å². The van der Waals surface area contributed by atoms with Crippen LogP contribution >= 0.6 is 0 Å². The molecule has 0 aliphatic carbocycles. The fraction of sp³-hybridized carbons (Fsp3) is 0.444. The first-order valence-corrected chi connectivity index (χ1v) is 10.6. The molecule has 1 fully saturated rings. The Hall–Kier alpha value is -2.66. The van der Waals surface area contributed by atoms with Crippen molar-refractivity contribution in [2.24, 2.45) is 0 Å². The molecule has 4 rings (SSSR count). The number of hydrogen-bond donors (Lipinski definition) is 2. The summed E-state index contributed by atoms with van der Waals surface area (Å²) < 4.78 is 47.0. The molecule has 1 saturated heterocycles. The number of aromatic hydroxyl groups is 1. The summed E-state index contributed by atoms with van der Waals surface area (Å²) in [5, 5.41) is 14.2. The molecule has 1 aromatic heterocycles. The molecule has 0 radical (unpaired) electrons. The zero-order chi connectivity index (χ0) is 20.9. The van der Waals surface area contributed by atoms with Crippen molar-refractivity contribution in [3.63, 3.8) is 0 Å². The van der Waals surface area contributed by atoms with Gasteiger partial charge in [0, 0.05) is 30.8 Å². The normalized spacial score (nSPS) is 18.7. The Labute approximate surface area is 167 Å². The van der Waals surface area contributed by atoms with E-state index in [0.29, 0.717) is 41.4 Å². The second-order valence-corrected chi connectivity index (χ2v) is 8.91. The van der Waals surface area contributed by atoms with Crippen LogP contribution in [0.5, 0.6) is 5.75 Å². The van der Waals surface area contributed by atoms with E-state index in [-0.39, 0.29) is 6.54 Å². The SMILES string of the molecule is Cc1noc(C)c1CCN1CCc2cc(O)c(N3CC(=O)NS3(=O)=O)c(F)c2C1. The number of fused-ring (bicyclic) bond motifs is 1. The highest BCUT2D eigenvalue weighted by atomic mass is 32.2. The molecular weight excluding hydrogens is 403 g/mol. The average molecular weight is 424 g/mol. The van der Waals surface area contributed by atoms with E-state index in [4.69, 9.17) is 4.52 Å². The van der Waals surface area contributed by atoms with E-state index in [1.165, 1.54) is 6.07 Å². The molecule has 3 heterocycles. The number of aromatic nitrogens is 1. The van der Waals surface area contributed by atoms with Crippen molar-refractivity contribution in [1.82, 2.24) is 14.8 Å². The Balaban J connectivity index is 1.60. The van der Waals surface area contributed by atoms with Crippen LogP contribution in [0.4, 0.5) is 10.1 Å². The predicted octanol–water partition coefficient (Wildman–Crippen LogP) is 0.918. The number of nitrogens with one attached hydrogen (secondary N) is 1. The largest absolute Gasteiger partial charge is 0.506 e. The van der Waals surface area contributed by atoms with Crippen molar-refractivity contribution < 1.29 is 27.2 Å². The van der Waals surface area contributed by atoms with Gasteiger partial charge >= 0.3 is 10.2 Å². The molecule has 0 unspecified atom stereocenters. The molecule has 0 atom stereocenters. The summed E-state index contributed by atoms with van der Waals surface area (Å²) in [4.78, 5) is 13.6. The van der Waals surface area contributed by atoms with Gasteiger partial charge in [0.25, 0.3) is 5.91 Å². The first-order chi connectivity index (χ1) is 13.7. The van der Waals surface area contributed by atoms with Crippen LogP contribution in [0.25, 0.3) is 0 Å². The number of benzene rings is 1. The first-order valence-electron chi connectivity index (χ1n) is 9.18. The fourth-order valence-corrected chi connectivity index (χ4v) is 5.06. The van der Waals surface area contributed by atoms with Gasteiger partial charge in [0.2, 0.25) is 0 Å². The topological polar surface area (TPSA) is 116 Å². The molecule has 2 aliphatic rings. The third kappa shape index (κ3) is 3.44. The Morgan fingerprint density at radius 1 is 1.34 bits per heavy atom. The number of rotatable bonds is 4. The maximum absolute atomic E-state index is 15.3. The van der Waals surface area contributed by atoms with E-state index in [1.54, 1.807) is 4.72 Å². The van der Waals surface area contributed by atoms with Crippen LogP contribution in [-0.4, -0.2) is 49.1 Å². The molecule has 0 saturated carbocycles. The zero-order valence-electron chi connectivity index (χ0n) is 16.0. The van der Waals surface area contributed by atoms with Crippen LogP contribution in [0.15, 0.2) is 10.6 Å². The maximum Gasteiger partial charge on any atom is 0.326 e. The highest BCUT2D eigenvalue weighted by Crippen LogP contribution is 2.39. The second kappa shape index (κ2) is 6.99. The summed E-state index contributed by atoms with van der Waals surface area (Å²) in [6.07, 6.45) is 1.22. The summed E-state index contributed by atoms with van der Waals surface area (Å²) in [6.45, 7) is 4.75. The maximum atomic E-state index is 15.3. The molecule has 2 aromatic rings. The van der Waals surface area contributed by atoms with Gasteiger partial charge in [-0.25, -0.2) is 13.4 Å². The molecule has 2 N–H and O–H groups in total. The van der Waals surface area contributed by atoms with Crippen LogP contribution in [0.1, 0.15) is 28.1 Å². The number of aryl methyl sites for hydroxylation is 2. The standard InChI is InChI=1S/C18H21FN4O5S/c1-10-13(11(2)28-20-10)4-6-22-5-3-12-7-15(24)18(17(19)14(12)8-22)23-9-16(25)21-29(23,26)27/h7,24H,3-6,8-9H2,1-2H3,(H,21,25). The van der Waals surface area contributed by atoms with Crippen LogP contribution in [0, 0.1) is 19.7 Å². The van der Waals surface area contributed by atoms with E-state index in [9.17, 15) is 18.3 Å². The van der Waals surface area contributed by atoms with E-state index >= 15 is 4.39 Å². The average Bonchev–Trinajstić information content (AvgIpc) is 3.10. The third-order valence-corrected chi connectivity index (χ3v) is 6.80. The van der Waals surface area contributed by atoms with Crippen molar-refractivity contribution >= 4 is 21.8 Å². The van der Waals surface area contributed by atoms with E-state index in [1.807, 2.05) is 13.8 Å². The smallest absolute Gasteiger partial charge is 0.326 e. The monoisotopic (exact) mass is 424 g/mol. The minimum atomic E-state index is -4.22. The quantitative estimate of drug-likeness (QED) is 0.750. The molecule has 1 amide bonds.